The Balaban J connectivity index is 1.72. The molecule has 3 rings (SSSR count). The van der Waals surface area contributed by atoms with Gasteiger partial charge in [-0.1, -0.05) is 12.1 Å². The Morgan fingerprint density at radius 1 is 1.28 bits per heavy atom. The van der Waals surface area contributed by atoms with E-state index in [1.54, 1.807) is 19.1 Å². The normalized spacial score (nSPS) is 26.1. The molecule has 0 saturated carbocycles. The van der Waals surface area contributed by atoms with E-state index in [0.29, 0.717) is 6.54 Å². The van der Waals surface area contributed by atoms with Crippen LogP contribution in [0.4, 0.5) is 4.39 Å². The number of benzene rings is 1. The first-order valence-electron chi connectivity index (χ1n) is 8.88. The van der Waals surface area contributed by atoms with E-state index >= 15 is 0 Å². The largest absolute Gasteiger partial charge is 0.481 e. The summed E-state index contributed by atoms with van der Waals surface area (Å²) in [5.41, 5.74) is -0.323. The van der Waals surface area contributed by atoms with Gasteiger partial charge in [-0.05, 0) is 44.7 Å². The predicted octanol–water partition coefficient (Wildman–Crippen LogP) is 2.60. The number of hydrogen-bond donors (Lipinski definition) is 0. The summed E-state index contributed by atoms with van der Waals surface area (Å²) >= 11 is 0. The number of nitrogens with zero attached hydrogens (tertiary/aromatic N) is 2. The Bertz CT molecular complexity index is 666. The molecular weight excluding hydrogens is 323 g/mol. The Hall–Kier alpha value is -2.11. The predicted molar refractivity (Wildman–Crippen MR) is 91.7 cm³/mol. The third-order valence-corrected chi connectivity index (χ3v) is 5.54. The molecule has 2 atom stereocenters. The number of carbonyl (C=O) groups is 2. The number of ether oxygens (including phenoxy) is 1. The average Bonchev–Trinajstić information content (AvgIpc) is 2.59. The minimum absolute atomic E-state index is 0.00406. The maximum absolute atomic E-state index is 13.7. The monoisotopic (exact) mass is 348 g/mol. The zero-order valence-electron chi connectivity index (χ0n) is 14.8. The van der Waals surface area contributed by atoms with Crippen molar-refractivity contribution in [2.24, 2.45) is 0 Å². The summed E-state index contributed by atoms with van der Waals surface area (Å²) in [4.78, 5) is 28.5. The van der Waals surface area contributed by atoms with E-state index in [1.807, 2.05) is 9.80 Å². The van der Waals surface area contributed by atoms with E-state index in [0.717, 1.165) is 32.2 Å². The summed E-state index contributed by atoms with van der Waals surface area (Å²) < 4.78 is 19.0. The van der Waals surface area contributed by atoms with Gasteiger partial charge in [-0.15, -0.1) is 0 Å². The van der Waals surface area contributed by atoms with Crippen LogP contribution in [0.2, 0.25) is 0 Å². The molecule has 2 heterocycles. The highest BCUT2D eigenvalue weighted by atomic mass is 19.1. The fourth-order valence-electron chi connectivity index (χ4n) is 4.35. The number of likely N-dealkylation sites (tertiary alicyclic amines) is 2. The van der Waals surface area contributed by atoms with Crippen LogP contribution in [0, 0.1) is 5.82 Å². The van der Waals surface area contributed by atoms with Crippen LogP contribution in [0.15, 0.2) is 24.3 Å². The molecule has 2 aliphatic rings. The molecule has 0 aliphatic carbocycles. The van der Waals surface area contributed by atoms with Crippen LogP contribution in [0.25, 0.3) is 0 Å². The van der Waals surface area contributed by atoms with E-state index in [1.165, 1.54) is 12.1 Å². The van der Waals surface area contributed by atoms with Gasteiger partial charge in [0.1, 0.15) is 0 Å². The molecular formula is C19H25FN2O3. The van der Waals surface area contributed by atoms with E-state index in [4.69, 9.17) is 4.74 Å². The van der Waals surface area contributed by atoms with Gasteiger partial charge >= 0.3 is 0 Å². The van der Waals surface area contributed by atoms with Crippen LogP contribution in [0.5, 0.6) is 5.75 Å². The quantitative estimate of drug-likeness (QED) is 0.844. The van der Waals surface area contributed by atoms with Crippen LogP contribution in [-0.4, -0.2) is 52.9 Å². The number of para-hydroxylation sites is 1. The summed E-state index contributed by atoms with van der Waals surface area (Å²) in [6.45, 7) is 4.89. The van der Waals surface area contributed by atoms with Gasteiger partial charge in [0, 0.05) is 20.0 Å². The molecule has 0 bridgehead atoms. The van der Waals surface area contributed by atoms with Gasteiger partial charge in [0.05, 0.1) is 11.6 Å². The minimum atomic E-state index is -0.473. The first-order chi connectivity index (χ1) is 11.9. The van der Waals surface area contributed by atoms with Gasteiger partial charge < -0.3 is 14.5 Å². The lowest BCUT2D eigenvalue weighted by Gasteiger charge is -2.56. The van der Waals surface area contributed by atoms with Crippen molar-refractivity contribution in [3.8, 4) is 5.75 Å². The van der Waals surface area contributed by atoms with Crippen LogP contribution in [-0.2, 0) is 9.59 Å². The number of piperidine rings is 2. The van der Waals surface area contributed by atoms with Gasteiger partial charge in [0.15, 0.2) is 18.2 Å². The lowest BCUT2D eigenvalue weighted by molar-refractivity contribution is -0.155. The van der Waals surface area contributed by atoms with Crippen molar-refractivity contribution in [3.05, 3.63) is 30.1 Å². The van der Waals surface area contributed by atoms with Gasteiger partial charge in [-0.3, -0.25) is 9.59 Å². The number of halogens is 1. The van der Waals surface area contributed by atoms with Crippen LogP contribution < -0.4 is 4.74 Å². The highest BCUT2D eigenvalue weighted by Gasteiger charge is 2.49. The summed E-state index contributed by atoms with van der Waals surface area (Å²) in [5, 5.41) is 0. The highest BCUT2D eigenvalue weighted by Crippen LogP contribution is 2.39. The zero-order valence-corrected chi connectivity index (χ0v) is 14.8. The van der Waals surface area contributed by atoms with Gasteiger partial charge in [-0.25, -0.2) is 4.39 Å². The molecule has 5 nitrogen and oxygen atoms in total. The molecule has 6 heteroatoms. The second kappa shape index (κ2) is 7.02. The lowest BCUT2D eigenvalue weighted by Crippen LogP contribution is -2.68. The first-order valence-corrected chi connectivity index (χ1v) is 8.88. The number of carbonyl (C=O) groups excluding carboxylic acids is 2. The standard InChI is InChI=1S/C19H25FN2O3/c1-14(23)22-12-5-9-17-19(22,2)10-6-11-21(17)18(24)13-25-16-8-4-3-7-15(16)20/h3-4,7-8,17H,5-6,9-13H2,1-2H3/t17-,19+/m1/s1. The molecule has 0 N–H and O–H groups in total. The number of hydrogen-bond acceptors (Lipinski definition) is 3. The van der Waals surface area contributed by atoms with Crippen molar-refractivity contribution in [1.29, 1.82) is 0 Å². The highest BCUT2D eigenvalue weighted by molar-refractivity contribution is 5.79. The Labute approximate surface area is 147 Å². The molecule has 2 fully saturated rings. The van der Waals surface area contributed by atoms with Crippen LogP contribution in [0.1, 0.15) is 39.5 Å². The van der Waals surface area contributed by atoms with E-state index < -0.39 is 5.82 Å². The van der Waals surface area contributed by atoms with Crippen molar-refractivity contribution in [3.63, 3.8) is 0 Å². The molecule has 25 heavy (non-hydrogen) atoms. The molecule has 1 aromatic rings. The van der Waals surface area contributed by atoms with Crippen molar-refractivity contribution in [1.82, 2.24) is 9.80 Å². The van der Waals surface area contributed by atoms with Crippen LogP contribution in [0.3, 0.4) is 0 Å². The fraction of sp³-hybridized carbons (Fsp3) is 0.579. The van der Waals surface area contributed by atoms with Crippen molar-refractivity contribution >= 4 is 11.8 Å². The second-order valence-corrected chi connectivity index (χ2v) is 7.10. The molecule has 2 amide bonds. The van der Waals surface area contributed by atoms with Crippen molar-refractivity contribution in [2.75, 3.05) is 19.7 Å². The maximum Gasteiger partial charge on any atom is 0.260 e. The number of amides is 2. The van der Waals surface area contributed by atoms with E-state index in [9.17, 15) is 14.0 Å². The molecule has 0 unspecified atom stereocenters. The summed E-state index contributed by atoms with van der Waals surface area (Å²) in [6, 6.07) is 6.08. The molecule has 2 saturated heterocycles. The Morgan fingerprint density at radius 2 is 2.04 bits per heavy atom. The number of rotatable bonds is 3. The molecule has 2 aliphatic heterocycles. The summed E-state index contributed by atoms with van der Waals surface area (Å²) in [6.07, 6.45) is 3.51. The first kappa shape index (κ1) is 17.7. The summed E-state index contributed by atoms with van der Waals surface area (Å²) in [7, 11) is 0. The maximum atomic E-state index is 13.7. The molecule has 0 aromatic heterocycles. The third kappa shape index (κ3) is 3.34. The average molecular weight is 348 g/mol. The summed E-state index contributed by atoms with van der Waals surface area (Å²) in [5.74, 6) is -0.475. The van der Waals surface area contributed by atoms with Crippen LogP contribution >= 0.6 is 0 Å². The van der Waals surface area contributed by atoms with Gasteiger partial charge in [0.25, 0.3) is 5.91 Å². The lowest BCUT2D eigenvalue weighted by atomic mass is 9.76. The smallest absolute Gasteiger partial charge is 0.260 e. The fourth-order valence-corrected chi connectivity index (χ4v) is 4.35. The molecule has 0 spiro atoms. The second-order valence-electron chi connectivity index (χ2n) is 7.10. The topological polar surface area (TPSA) is 49.9 Å². The van der Waals surface area contributed by atoms with Gasteiger partial charge in [-0.2, -0.15) is 0 Å². The van der Waals surface area contributed by atoms with Crippen molar-refractivity contribution < 1.29 is 18.7 Å². The van der Waals surface area contributed by atoms with E-state index in [2.05, 4.69) is 6.92 Å². The molecule has 1 aromatic carbocycles. The van der Waals surface area contributed by atoms with Crippen molar-refractivity contribution in [2.45, 2.75) is 51.1 Å². The molecule has 0 radical (unpaired) electrons. The minimum Gasteiger partial charge on any atom is -0.481 e. The van der Waals surface area contributed by atoms with E-state index in [-0.39, 0.29) is 35.8 Å². The SMILES string of the molecule is CC(=O)N1CCC[C@H]2N(C(=O)COc3ccccc3F)CCC[C@@]21C. The third-order valence-electron chi connectivity index (χ3n) is 5.54. The van der Waals surface area contributed by atoms with Gasteiger partial charge in [0.2, 0.25) is 5.91 Å². The zero-order chi connectivity index (χ0) is 18.0. The Kier molecular flexibility index (Phi) is 4.97. The number of fused-ring (bicyclic) bond motifs is 1. The molecule has 136 valence electrons. The Morgan fingerprint density at radius 3 is 2.76 bits per heavy atom.